The minimum atomic E-state index is 0.807. The molecule has 1 aromatic rings. The van der Waals surface area contributed by atoms with Crippen molar-refractivity contribution in [2.75, 3.05) is 6.54 Å². The molecule has 1 aromatic heterocycles. The lowest BCUT2D eigenvalue weighted by molar-refractivity contribution is 0.0775. The predicted molar refractivity (Wildman–Crippen MR) is 52.3 cm³/mol. The van der Waals surface area contributed by atoms with Crippen LogP contribution in [0.2, 0.25) is 0 Å². The Bertz CT molecular complexity index is 277. The molecule has 13 heavy (non-hydrogen) atoms. The van der Waals surface area contributed by atoms with E-state index in [0.717, 1.165) is 12.6 Å². The van der Waals surface area contributed by atoms with Gasteiger partial charge in [-0.25, -0.2) is 0 Å². The molecule has 0 saturated carbocycles. The van der Waals surface area contributed by atoms with Gasteiger partial charge in [-0.15, -0.1) is 0 Å². The van der Waals surface area contributed by atoms with Crippen molar-refractivity contribution in [2.24, 2.45) is 7.05 Å². The van der Waals surface area contributed by atoms with Crippen molar-refractivity contribution in [3.8, 4) is 0 Å². The van der Waals surface area contributed by atoms with Gasteiger partial charge in [0.2, 0.25) is 0 Å². The van der Waals surface area contributed by atoms with Crippen molar-refractivity contribution < 1.29 is 0 Å². The highest BCUT2D eigenvalue weighted by molar-refractivity contribution is 5.00. The van der Waals surface area contributed by atoms with Crippen molar-refractivity contribution in [3.63, 3.8) is 0 Å². The fourth-order valence-electron chi connectivity index (χ4n) is 1.92. The quantitative estimate of drug-likeness (QED) is 0.699. The summed E-state index contributed by atoms with van der Waals surface area (Å²) in [6, 6.07) is 2.91. The fourth-order valence-corrected chi connectivity index (χ4v) is 1.92. The summed E-state index contributed by atoms with van der Waals surface area (Å²) in [6.45, 7) is 4.53. The Morgan fingerprint density at radius 3 is 2.92 bits per heavy atom. The maximum atomic E-state index is 4.38. The van der Waals surface area contributed by atoms with E-state index in [0.29, 0.717) is 0 Å². The molecule has 1 fully saturated rings. The second-order valence-corrected chi connectivity index (χ2v) is 3.80. The van der Waals surface area contributed by atoms with Gasteiger partial charge >= 0.3 is 0 Å². The van der Waals surface area contributed by atoms with Crippen molar-refractivity contribution in [3.05, 3.63) is 18.0 Å². The van der Waals surface area contributed by atoms with Crippen LogP contribution in [0.25, 0.3) is 0 Å². The van der Waals surface area contributed by atoms with Gasteiger partial charge in [0.05, 0.1) is 5.69 Å². The molecule has 2 rings (SSSR count). The van der Waals surface area contributed by atoms with E-state index in [1.54, 1.807) is 0 Å². The highest BCUT2D eigenvalue weighted by Crippen LogP contribution is 2.21. The summed E-state index contributed by atoms with van der Waals surface area (Å²) in [6.07, 6.45) is 4.65. The molecule has 0 amide bonds. The highest BCUT2D eigenvalue weighted by Gasteiger charge is 2.26. The van der Waals surface area contributed by atoms with Gasteiger partial charge in [-0.2, -0.15) is 5.10 Å². The summed E-state index contributed by atoms with van der Waals surface area (Å²) in [5.41, 5.74) is 1.20. The molecule has 0 bridgehead atoms. The van der Waals surface area contributed by atoms with E-state index in [1.165, 1.54) is 25.1 Å². The first-order valence-corrected chi connectivity index (χ1v) is 5.02. The van der Waals surface area contributed by atoms with Crippen molar-refractivity contribution in [1.29, 1.82) is 0 Å². The van der Waals surface area contributed by atoms with Crippen LogP contribution in [0.3, 0.4) is 0 Å². The van der Waals surface area contributed by atoms with Crippen LogP contribution in [0.1, 0.15) is 25.5 Å². The van der Waals surface area contributed by atoms with Crippen LogP contribution >= 0.6 is 0 Å². The van der Waals surface area contributed by atoms with Crippen LogP contribution in [-0.4, -0.2) is 27.3 Å². The minimum Gasteiger partial charge on any atom is -0.294 e. The van der Waals surface area contributed by atoms with E-state index in [1.807, 2.05) is 17.9 Å². The Morgan fingerprint density at radius 1 is 1.62 bits per heavy atom. The average molecular weight is 179 g/mol. The van der Waals surface area contributed by atoms with Gasteiger partial charge in [0.25, 0.3) is 0 Å². The van der Waals surface area contributed by atoms with Gasteiger partial charge in [-0.05, 0) is 18.9 Å². The van der Waals surface area contributed by atoms with Crippen LogP contribution in [-0.2, 0) is 13.6 Å². The standard InChI is InChI=1S/C10H17N3/c1-3-10-5-7-13(10)8-9-4-6-12(2)11-9/h4,6,10H,3,5,7-8H2,1-2H3. The lowest BCUT2D eigenvalue weighted by Gasteiger charge is -2.40. The molecule has 3 heteroatoms. The van der Waals surface area contributed by atoms with E-state index in [4.69, 9.17) is 0 Å². The first kappa shape index (κ1) is 8.75. The summed E-state index contributed by atoms with van der Waals surface area (Å²) < 4.78 is 1.87. The Hall–Kier alpha value is -0.830. The van der Waals surface area contributed by atoms with Crippen molar-refractivity contribution >= 4 is 0 Å². The van der Waals surface area contributed by atoms with E-state index >= 15 is 0 Å². The molecular weight excluding hydrogens is 162 g/mol. The van der Waals surface area contributed by atoms with Gasteiger partial charge in [-0.3, -0.25) is 9.58 Å². The lowest BCUT2D eigenvalue weighted by atomic mass is 10.0. The van der Waals surface area contributed by atoms with E-state index in [2.05, 4.69) is 23.0 Å². The molecule has 72 valence electrons. The van der Waals surface area contributed by atoms with Crippen molar-refractivity contribution in [1.82, 2.24) is 14.7 Å². The topological polar surface area (TPSA) is 21.1 Å². The Balaban J connectivity index is 1.91. The third-order valence-electron chi connectivity index (χ3n) is 2.87. The van der Waals surface area contributed by atoms with Crippen LogP contribution in [0.5, 0.6) is 0 Å². The molecule has 1 aliphatic heterocycles. The molecule has 1 unspecified atom stereocenters. The third kappa shape index (κ3) is 1.75. The van der Waals surface area contributed by atoms with E-state index < -0.39 is 0 Å². The molecule has 1 aliphatic rings. The second kappa shape index (κ2) is 3.50. The zero-order valence-electron chi connectivity index (χ0n) is 8.40. The van der Waals surface area contributed by atoms with Gasteiger partial charge in [0, 0.05) is 32.4 Å². The summed E-state index contributed by atoms with van der Waals surface area (Å²) >= 11 is 0. The maximum Gasteiger partial charge on any atom is 0.0764 e. The summed E-state index contributed by atoms with van der Waals surface area (Å²) in [5.74, 6) is 0. The molecular formula is C10H17N3. The molecule has 0 radical (unpaired) electrons. The van der Waals surface area contributed by atoms with Crippen molar-refractivity contribution in [2.45, 2.75) is 32.4 Å². The third-order valence-corrected chi connectivity index (χ3v) is 2.87. The van der Waals surface area contributed by atoms with Crippen LogP contribution in [0.15, 0.2) is 12.3 Å². The Morgan fingerprint density at radius 2 is 2.46 bits per heavy atom. The van der Waals surface area contributed by atoms with E-state index in [9.17, 15) is 0 Å². The average Bonchev–Trinajstić information content (AvgIpc) is 2.46. The summed E-state index contributed by atoms with van der Waals surface area (Å²) in [5, 5.41) is 4.38. The summed E-state index contributed by atoms with van der Waals surface area (Å²) in [7, 11) is 1.97. The fraction of sp³-hybridized carbons (Fsp3) is 0.700. The Kier molecular flexibility index (Phi) is 2.36. The lowest BCUT2D eigenvalue weighted by Crippen LogP contribution is -2.46. The van der Waals surface area contributed by atoms with E-state index in [-0.39, 0.29) is 0 Å². The molecule has 3 nitrogen and oxygen atoms in total. The number of hydrogen-bond acceptors (Lipinski definition) is 2. The molecule has 0 spiro atoms. The number of aryl methyl sites for hydroxylation is 1. The number of rotatable bonds is 3. The van der Waals surface area contributed by atoms with Gasteiger partial charge in [0.15, 0.2) is 0 Å². The van der Waals surface area contributed by atoms with Gasteiger partial charge in [0.1, 0.15) is 0 Å². The van der Waals surface area contributed by atoms with Crippen LogP contribution < -0.4 is 0 Å². The number of hydrogen-bond donors (Lipinski definition) is 0. The molecule has 0 N–H and O–H groups in total. The molecule has 2 heterocycles. The first-order valence-electron chi connectivity index (χ1n) is 5.02. The largest absolute Gasteiger partial charge is 0.294 e. The Labute approximate surface area is 79.3 Å². The molecule has 0 aliphatic carbocycles. The number of aromatic nitrogens is 2. The van der Waals surface area contributed by atoms with Crippen LogP contribution in [0, 0.1) is 0 Å². The van der Waals surface area contributed by atoms with Gasteiger partial charge in [-0.1, -0.05) is 6.92 Å². The zero-order chi connectivity index (χ0) is 9.26. The van der Waals surface area contributed by atoms with Crippen LogP contribution in [0.4, 0.5) is 0 Å². The summed E-state index contributed by atoms with van der Waals surface area (Å²) in [4.78, 5) is 2.50. The maximum absolute atomic E-state index is 4.38. The monoisotopic (exact) mass is 179 g/mol. The smallest absolute Gasteiger partial charge is 0.0764 e. The predicted octanol–water partition coefficient (Wildman–Crippen LogP) is 1.40. The minimum absolute atomic E-state index is 0.807. The molecule has 1 atom stereocenters. The first-order chi connectivity index (χ1) is 6.29. The highest BCUT2D eigenvalue weighted by atomic mass is 15.3. The SMILES string of the molecule is CCC1CCN1Cc1ccn(C)n1. The van der Waals surface area contributed by atoms with Gasteiger partial charge < -0.3 is 0 Å². The molecule has 0 aromatic carbocycles. The molecule has 1 saturated heterocycles. The second-order valence-electron chi connectivity index (χ2n) is 3.80. The normalized spacial score (nSPS) is 23.1. The zero-order valence-corrected chi connectivity index (χ0v) is 8.40. The number of likely N-dealkylation sites (tertiary alicyclic amines) is 1. The number of nitrogens with zero attached hydrogens (tertiary/aromatic N) is 3.